The van der Waals surface area contributed by atoms with Crippen molar-refractivity contribution >= 4 is 23.1 Å². The molecule has 1 aromatic carbocycles. The van der Waals surface area contributed by atoms with Gasteiger partial charge < -0.3 is 14.4 Å². The van der Waals surface area contributed by atoms with Gasteiger partial charge in [-0.15, -0.1) is 0 Å². The van der Waals surface area contributed by atoms with Gasteiger partial charge in [0.2, 0.25) is 0 Å². The van der Waals surface area contributed by atoms with Crippen molar-refractivity contribution in [3.8, 4) is 0 Å². The first-order chi connectivity index (χ1) is 13.4. The Morgan fingerprint density at radius 1 is 0.897 bits per heavy atom. The molecular formula is C23H32N2O4. The Hall–Kier alpha value is -2.50. The van der Waals surface area contributed by atoms with Crippen molar-refractivity contribution in [2.45, 2.75) is 71.5 Å². The summed E-state index contributed by atoms with van der Waals surface area (Å²) in [6.45, 7) is 12.6. The van der Waals surface area contributed by atoms with Crippen LogP contribution in [0.2, 0.25) is 0 Å². The number of rotatable bonds is 1. The zero-order valence-corrected chi connectivity index (χ0v) is 18.3. The Kier molecular flexibility index (Phi) is 5.65. The Bertz CT molecular complexity index is 894. The smallest absolute Gasteiger partial charge is 0.418 e. The predicted molar refractivity (Wildman–Crippen MR) is 113 cm³/mol. The average Bonchev–Trinajstić information content (AvgIpc) is 3.02. The molecule has 2 heterocycles. The number of amides is 1. The lowest BCUT2D eigenvalue weighted by Gasteiger charge is -2.33. The summed E-state index contributed by atoms with van der Waals surface area (Å²) >= 11 is 0. The summed E-state index contributed by atoms with van der Waals surface area (Å²) in [4.78, 5) is 26.6. The van der Waals surface area contributed by atoms with Crippen molar-refractivity contribution < 1.29 is 19.1 Å². The molecule has 3 rings (SSSR count). The first kappa shape index (κ1) is 21.2. The lowest BCUT2D eigenvalue weighted by Crippen LogP contribution is -2.41. The molecular weight excluding hydrogens is 368 g/mol. The van der Waals surface area contributed by atoms with Crippen LogP contribution in [-0.2, 0) is 9.47 Å². The molecule has 0 unspecified atom stereocenters. The van der Waals surface area contributed by atoms with E-state index in [1.165, 1.54) is 5.56 Å². The van der Waals surface area contributed by atoms with Crippen LogP contribution >= 0.6 is 0 Å². The van der Waals surface area contributed by atoms with E-state index in [1.54, 1.807) is 15.7 Å². The Labute approximate surface area is 172 Å². The van der Waals surface area contributed by atoms with E-state index in [1.807, 2.05) is 53.7 Å². The van der Waals surface area contributed by atoms with Crippen LogP contribution in [0.1, 0.15) is 65.9 Å². The molecule has 0 bridgehead atoms. The molecule has 2 aromatic rings. The topological polar surface area (TPSA) is 60.8 Å². The Morgan fingerprint density at radius 2 is 1.48 bits per heavy atom. The molecule has 0 saturated carbocycles. The number of carbonyl (C=O) groups excluding carboxylic acids is 2. The van der Waals surface area contributed by atoms with Gasteiger partial charge >= 0.3 is 12.2 Å². The summed E-state index contributed by atoms with van der Waals surface area (Å²) in [5.41, 5.74) is 1.02. The van der Waals surface area contributed by atoms with Gasteiger partial charge in [0, 0.05) is 24.7 Å². The van der Waals surface area contributed by atoms with Crippen molar-refractivity contribution in [1.29, 1.82) is 0 Å². The molecule has 0 atom stereocenters. The van der Waals surface area contributed by atoms with Gasteiger partial charge in [-0.1, -0.05) is 12.1 Å². The van der Waals surface area contributed by atoms with E-state index in [9.17, 15) is 9.59 Å². The van der Waals surface area contributed by atoms with Crippen LogP contribution < -0.4 is 0 Å². The molecule has 1 fully saturated rings. The molecule has 1 aliphatic rings. The summed E-state index contributed by atoms with van der Waals surface area (Å²) in [5.74, 6) is 0.347. The third kappa shape index (κ3) is 5.31. The minimum atomic E-state index is -0.542. The van der Waals surface area contributed by atoms with Crippen LogP contribution in [0, 0.1) is 0 Å². The number of fused-ring (bicyclic) bond motifs is 1. The highest BCUT2D eigenvalue weighted by atomic mass is 16.6. The number of ether oxygens (including phenoxy) is 2. The molecule has 1 aliphatic heterocycles. The summed E-state index contributed by atoms with van der Waals surface area (Å²) in [6, 6.07) is 8.17. The van der Waals surface area contributed by atoms with Crippen LogP contribution in [0.5, 0.6) is 0 Å². The molecule has 0 aliphatic carbocycles. The Balaban J connectivity index is 1.72. The summed E-state index contributed by atoms with van der Waals surface area (Å²) < 4.78 is 12.6. The molecule has 6 heteroatoms. The quantitative estimate of drug-likeness (QED) is 0.631. The molecule has 1 aromatic heterocycles. The second-order valence-electron chi connectivity index (χ2n) is 9.73. The number of benzene rings is 1. The van der Waals surface area contributed by atoms with Gasteiger partial charge in [-0.2, -0.15) is 0 Å². The molecule has 0 N–H and O–H groups in total. The second kappa shape index (κ2) is 7.73. The fraction of sp³-hybridized carbons (Fsp3) is 0.565. The fourth-order valence-electron chi connectivity index (χ4n) is 3.59. The monoisotopic (exact) mass is 400 g/mol. The van der Waals surface area contributed by atoms with E-state index in [-0.39, 0.29) is 12.2 Å². The van der Waals surface area contributed by atoms with Crippen molar-refractivity contribution in [2.75, 3.05) is 13.1 Å². The normalized spacial score (nSPS) is 16.1. The van der Waals surface area contributed by atoms with E-state index in [2.05, 4.69) is 12.1 Å². The van der Waals surface area contributed by atoms with Gasteiger partial charge in [0.1, 0.15) is 11.2 Å². The Morgan fingerprint density at radius 3 is 2.07 bits per heavy atom. The lowest BCUT2D eigenvalue weighted by molar-refractivity contribution is 0.0204. The maximum atomic E-state index is 12.5. The molecule has 1 amide bonds. The lowest BCUT2D eigenvalue weighted by atomic mass is 9.89. The summed E-state index contributed by atoms with van der Waals surface area (Å²) in [5, 5.41) is 1.01. The van der Waals surface area contributed by atoms with Crippen molar-refractivity contribution in [3.63, 3.8) is 0 Å². The van der Waals surface area contributed by atoms with E-state index in [0.717, 1.165) is 23.7 Å². The van der Waals surface area contributed by atoms with Crippen LogP contribution in [0.15, 0.2) is 30.5 Å². The summed E-state index contributed by atoms with van der Waals surface area (Å²) in [6.07, 6.45) is 2.89. The molecule has 29 heavy (non-hydrogen) atoms. The van der Waals surface area contributed by atoms with Crippen molar-refractivity contribution in [1.82, 2.24) is 9.47 Å². The molecule has 158 valence electrons. The van der Waals surface area contributed by atoms with Crippen molar-refractivity contribution in [3.05, 3.63) is 36.0 Å². The minimum Gasteiger partial charge on any atom is -0.444 e. The molecule has 1 saturated heterocycles. The number of hydrogen-bond donors (Lipinski definition) is 0. The number of nitrogens with zero attached hydrogens (tertiary/aromatic N) is 2. The standard InChI is InChI=1S/C23H32N2O4/c1-22(2,3)28-20(26)24-12-9-16(10-13-24)18-8-7-17-11-14-25(19(17)15-18)21(27)29-23(4,5)6/h7-8,11,14-16H,9-10,12-13H2,1-6H3. The molecule has 0 spiro atoms. The van der Waals surface area contributed by atoms with Gasteiger partial charge in [-0.3, -0.25) is 4.57 Å². The van der Waals surface area contributed by atoms with E-state index < -0.39 is 11.2 Å². The van der Waals surface area contributed by atoms with Crippen molar-refractivity contribution in [2.24, 2.45) is 0 Å². The van der Waals surface area contributed by atoms with Crippen LogP contribution in [0.4, 0.5) is 9.59 Å². The van der Waals surface area contributed by atoms with Gasteiger partial charge in [-0.25, -0.2) is 9.59 Å². The highest BCUT2D eigenvalue weighted by Gasteiger charge is 2.28. The van der Waals surface area contributed by atoms with Gasteiger partial charge in [0.25, 0.3) is 0 Å². The number of carbonyl (C=O) groups is 2. The van der Waals surface area contributed by atoms with Crippen LogP contribution in [0.3, 0.4) is 0 Å². The van der Waals surface area contributed by atoms with Crippen LogP contribution in [0.25, 0.3) is 10.9 Å². The van der Waals surface area contributed by atoms with E-state index in [4.69, 9.17) is 9.47 Å². The minimum absolute atomic E-state index is 0.245. The second-order valence-corrected chi connectivity index (χ2v) is 9.73. The van der Waals surface area contributed by atoms with Gasteiger partial charge in [-0.05, 0) is 78.0 Å². The van der Waals surface area contributed by atoms with Gasteiger partial charge in [0.05, 0.1) is 5.52 Å². The first-order valence-electron chi connectivity index (χ1n) is 10.3. The fourth-order valence-corrected chi connectivity index (χ4v) is 3.59. The molecule has 6 nitrogen and oxygen atoms in total. The number of aromatic nitrogens is 1. The largest absolute Gasteiger partial charge is 0.444 e. The first-order valence-corrected chi connectivity index (χ1v) is 10.3. The number of hydrogen-bond acceptors (Lipinski definition) is 4. The SMILES string of the molecule is CC(C)(C)OC(=O)N1CCC(c2ccc3ccn(C(=O)OC(C)(C)C)c3c2)CC1. The zero-order valence-electron chi connectivity index (χ0n) is 18.3. The average molecular weight is 401 g/mol. The van der Waals surface area contributed by atoms with Crippen LogP contribution in [-0.4, -0.2) is 45.9 Å². The van der Waals surface area contributed by atoms with E-state index in [0.29, 0.717) is 19.0 Å². The third-order valence-corrected chi connectivity index (χ3v) is 4.93. The highest BCUT2D eigenvalue weighted by molar-refractivity contribution is 5.90. The third-order valence-electron chi connectivity index (χ3n) is 4.93. The van der Waals surface area contributed by atoms with E-state index >= 15 is 0 Å². The maximum absolute atomic E-state index is 12.5. The predicted octanol–water partition coefficient (Wildman–Crippen LogP) is 5.54. The number of likely N-dealkylation sites (tertiary alicyclic amines) is 1. The summed E-state index contributed by atoms with van der Waals surface area (Å²) in [7, 11) is 0. The molecule has 0 radical (unpaired) electrons. The zero-order chi connectivity index (χ0) is 21.4. The number of piperidine rings is 1. The highest BCUT2D eigenvalue weighted by Crippen LogP contribution is 2.31. The maximum Gasteiger partial charge on any atom is 0.418 e. The van der Waals surface area contributed by atoms with Gasteiger partial charge in [0.15, 0.2) is 0 Å².